The minimum atomic E-state index is -0.432. The molecule has 4 heteroatoms. The van der Waals surface area contributed by atoms with Crippen LogP contribution >= 0.6 is 0 Å². The maximum atomic E-state index is 8.93. The van der Waals surface area contributed by atoms with Gasteiger partial charge in [-0.05, 0) is 6.92 Å². The summed E-state index contributed by atoms with van der Waals surface area (Å²) in [6.07, 6.45) is -0.432. The van der Waals surface area contributed by atoms with Gasteiger partial charge >= 0.3 is 0 Å². The zero-order valence-electron chi connectivity index (χ0n) is 6.30. The summed E-state index contributed by atoms with van der Waals surface area (Å²) in [5.41, 5.74) is 2.93. The van der Waals surface area contributed by atoms with Crippen LogP contribution in [0.3, 0.4) is 0 Å². The van der Waals surface area contributed by atoms with Gasteiger partial charge in [-0.3, -0.25) is 0 Å². The molecule has 1 fully saturated rings. The maximum absolute atomic E-state index is 8.93. The number of aliphatic hydroxyl groups is 1. The van der Waals surface area contributed by atoms with Crippen molar-refractivity contribution < 1.29 is 5.11 Å². The van der Waals surface area contributed by atoms with Crippen molar-refractivity contribution in [1.82, 2.24) is 15.8 Å². The molecular formula is C6H15N3O. The second-order valence-electron chi connectivity index (χ2n) is 2.54. The van der Waals surface area contributed by atoms with E-state index < -0.39 is 6.23 Å². The number of rotatable bonds is 2. The highest BCUT2D eigenvalue weighted by atomic mass is 16.3. The van der Waals surface area contributed by atoms with Gasteiger partial charge in [0, 0.05) is 26.2 Å². The number of nitrogens with zero attached hydrogens (tertiary/aromatic N) is 1. The van der Waals surface area contributed by atoms with Gasteiger partial charge in [0.1, 0.15) is 6.23 Å². The normalized spacial score (nSPS) is 24.6. The monoisotopic (exact) mass is 145 g/mol. The molecule has 3 N–H and O–H groups in total. The molecule has 0 aromatic heterocycles. The predicted octanol–water partition coefficient (Wildman–Crippen LogP) is -1.27. The SMILES string of the molecule is CC(O)NN1CCNCC1. The fourth-order valence-electron chi connectivity index (χ4n) is 1.06. The maximum Gasteiger partial charge on any atom is 0.114 e. The Morgan fingerprint density at radius 1 is 1.50 bits per heavy atom. The molecule has 0 spiro atoms. The molecule has 1 atom stereocenters. The lowest BCUT2D eigenvalue weighted by atomic mass is 10.4. The lowest BCUT2D eigenvalue weighted by Crippen LogP contribution is -2.52. The van der Waals surface area contributed by atoms with Gasteiger partial charge < -0.3 is 10.4 Å². The second kappa shape index (κ2) is 3.88. The standard InChI is InChI=1S/C6H15N3O/c1-6(10)8-9-4-2-7-3-5-9/h6-8,10H,2-5H2,1H3. The highest BCUT2D eigenvalue weighted by Crippen LogP contribution is 1.87. The van der Waals surface area contributed by atoms with Crippen LogP contribution < -0.4 is 10.7 Å². The van der Waals surface area contributed by atoms with Crippen LogP contribution in [0, 0.1) is 0 Å². The summed E-state index contributed by atoms with van der Waals surface area (Å²) >= 11 is 0. The number of hydrogen-bond acceptors (Lipinski definition) is 4. The molecule has 0 amide bonds. The first-order valence-corrected chi connectivity index (χ1v) is 3.69. The van der Waals surface area contributed by atoms with Gasteiger partial charge in [-0.15, -0.1) is 0 Å². The van der Waals surface area contributed by atoms with Crippen LogP contribution in [-0.4, -0.2) is 42.5 Å². The van der Waals surface area contributed by atoms with Crippen LogP contribution in [0.15, 0.2) is 0 Å². The number of hydrazine groups is 1. The van der Waals surface area contributed by atoms with Crippen LogP contribution in [0.25, 0.3) is 0 Å². The van der Waals surface area contributed by atoms with Gasteiger partial charge in [0.15, 0.2) is 0 Å². The second-order valence-corrected chi connectivity index (χ2v) is 2.54. The Hall–Kier alpha value is -0.160. The molecule has 1 heterocycles. The summed E-state index contributed by atoms with van der Waals surface area (Å²) in [5.74, 6) is 0. The fraction of sp³-hybridized carbons (Fsp3) is 1.00. The molecule has 0 saturated carbocycles. The minimum Gasteiger partial charge on any atom is -0.378 e. The number of hydrogen-bond donors (Lipinski definition) is 3. The first-order valence-electron chi connectivity index (χ1n) is 3.69. The van der Waals surface area contributed by atoms with E-state index >= 15 is 0 Å². The van der Waals surface area contributed by atoms with Crippen LogP contribution in [0.5, 0.6) is 0 Å². The summed E-state index contributed by atoms with van der Waals surface area (Å²) < 4.78 is 0. The summed E-state index contributed by atoms with van der Waals surface area (Å²) in [6, 6.07) is 0. The molecule has 1 aliphatic heterocycles. The van der Waals surface area contributed by atoms with E-state index in [0.29, 0.717) is 0 Å². The average molecular weight is 145 g/mol. The van der Waals surface area contributed by atoms with Gasteiger partial charge in [-0.25, -0.2) is 10.4 Å². The van der Waals surface area contributed by atoms with Crippen molar-refractivity contribution in [2.75, 3.05) is 26.2 Å². The number of nitrogens with one attached hydrogen (secondary N) is 2. The Balaban J connectivity index is 2.13. The molecule has 0 aliphatic carbocycles. The quantitative estimate of drug-likeness (QED) is 0.424. The summed E-state index contributed by atoms with van der Waals surface area (Å²) in [4.78, 5) is 0. The third-order valence-corrected chi connectivity index (χ3v) is 1.49. The molecule has 0 aromatic carbocycles. The number of piperazine rings is 1. The van der Waals surface area contributed by atoms with Crippen LogP contribution in [0.4, 0.5) is 0 Å². The highest BCUT2D eigenvalue weighted by molar-refractivity contribution is 4.63. The van der Waals surface area contributed by atoms with E-state index in [1.807, 2.05) is 5.01 Å². The van der Waals surface area contributed by atoms with Crippen molar-refractivity contribution in [2.45, 2.75) is 13.2 Å². The third-order valence-electron chi connectivity index (χ3n) is 1.49. The van der Waals surface area contributed by atoms with E-state index in [2.05, 4.69) is 10.7 Å². The molecule has 1 rings (SSSR count). The molecule has 0 bridgehead atoms. The van der Waals surface area contributed by atoms with Gasteiger partial charge in [0.2, 0.25) is 0 Å². The lowest BCUT2D eigenvalue weighted by molar-refractivity contribution is 0.0396. The molecule has 1 saturated heterocycles. The van der Waals surface area contributed by atoms with E-state index in [0.717, 1.165) is 26.2 Å². The van der Waals surface area contributed by atoms with Gasteiger partial charge in [0.25, 0.3) is 0 Å². The van der Waals surface area contributed by atoms with E-state index in [4.69, 9.17) is 5.11 Å². The molecular weight excluding hydrogens is 130 g/mol. The van der Waals surface area contributed by atoms with Crippen molar-refractivity contribution in [3.05, 3.63) is 0 Å². The van der Waals surface area contributed by atoms with Crippen molar-refractivity contribution in [2.24, 2.45) is 0 Å². The summed E-state index contributed by atoms with van der Waals surface area (Å²) in [7, 11) is 0. The minimum absolute atomic E-state index is 0.432. The Bertz CT molecular complexity index is 91.0. The topological polar surface area (TPSA) is 47.5 Å². The molecule has 10 heavy (non-hydrogen) atoms. The number of aliphatic hydroxyl groups excluding tert-OH is 1. The Morgan fingerprint density at radius 3 is 2.60 bits per heavy atom. The first-order chi connectivity index (χ1) is 4.79. The van der Waals surface area contributed by atoms with E-state index in [1.165, 1.54) is 0 Å². The average Bonchev–Trinajstić information content (AvgIpc) is 1.88. The predicted molar refractivity (Wildman–Crippen MR) is 39.3 cm³/mol. The van der Waals surface area contributed by atoms with Crippen LogP contribution in [0.2, 0.25) is 0 Å². The van der Waals surface area contributed by atoms with Gasteiger partial charge in [-0.1, -0.05) is 0 Å². The Labute approximate surface area is 61.2 Å². The molecule has 0 radical (unpaired) electrons. The Kier molecular flexibility index (Phi) is 3.08. The first kappa shape index (κ1) is 7.94. The van der Waals surface area contributed by atoms with Crippen molar-refractivity contribution in [3.8, 4) is 0 Å². The van der Waals surface area contributed by atoms with Gasteiger partial charge in [-0.2, -0.15) is 0 Å². The zero-order chi connectivity index (χ0) is 7.40. The molecule has 60 valence electrons. The third kappa shape index (κ3) is 2.62. The molecule has 1 unspecified atom stereocenters. The fourth-order valence-corrected chi connectivity index (χ4v) is 1.06. The van der Waals surface area contributed by atoms with E-state index in [9.17, 15) is 0 Å². The Morgan fingerprint density at radius 2 is 2.10 bits per heavy atom. The molecule has 4 nitrogen and oxygen atoms in total. The smallest absolute Gasteiger partial charge is 0.114 e. The molecule has 0 aromatic rings. The van der Waals surface area contributed by atoms with Crippen LogP contribution in [-0.2, 0) is 0 Å². The van der Waals surface area contributed by atoms with Crippen molar-refractivity contribution >= 4 is 0 Å². The largest absolute Gasteiger partial charge is 0.378 e. The van der Waals surface area contributed by atoms with Crippen molar-refractivity contribution in [1.29, 1.82) is 0 Å². The van der Waals surface area contributed by atoms with E-state index in [1.54, 1.807) is 6.92 Å². The summed E-state index contributed by atoms with van der Waals surface area (Å²) in [5, 5.41) is 14.2. The van der Waals surface area contributed by atoms with Crippen molar-refractivity contribution in [3.63, 3.8) is 0 Å². The zero-order valence-corrected chi connectivity index (χ0v) is 6.30. The molecule has 1 aliphatic rings. The van der Waals surface area contributed by atoms with Gasteiger partial charge in [0.05, 0.1) is 0 Å². The van der Waals surface area contributed by atoms with Crippen LogP contribution in [0.1, 0.15) is 6.92 Å². The highest BCUT2D eigenvalue weighted by Gasteiger charge is 2.09. The lowest BCUT2D eigenvalue weighted by Gasteiger charge is -2.28. The van der Waals surface area contributed by atoms with E-state index in [-0.39, 0.29) is 0 Å². The summed E-state index contributed by atoms with van der Waals surface area (Å²) in [6.45, 7) is 5.65.